The fraction of sp³-hybridized carbons (Fsp3) is 0.435. The highest BCUT2D eigenvalue weighted by atomic mass is 16.5. The lowest BCUT2D eigenvalue weighted by Gasteiger charge is -2.26. The van der Waals surface area contributed by atoms with Gasteiger partial charge in [-0.1, -0.05) is 0 Å². The average Bonchev–Trinajstić information content (AvgIpc) is 3.36. The van der Waals surface area contributed by atoms with Gasteiger partial charge in [-0.05, 0) is 26.0 Å². The highest BCUT2D eigenvalue weighted by Crippen LogP contribution is 2.37. The molecule has 1 aliphatic rings. The summed E-state index contributed by atoms with van der Waals surface area (Å²) in [6, 6.07) is 6.34. The summed E-state index contributed by atoms with van der Waals surface area (Å²) in [5.74, 6) is 0.0282. The number of carbonyl (C=O) groups excluding carboxylic acids is 3. The number of rotatable bonds is 10. The number of nitrogens with zero attached hydrogens (tertiary/aromatic N) is 1. The third kappa shape index (κ3) is 6.72. The third-order valence-corrected chi connectivity index (χ3v) is 4.88. The number of furan rings is 1. The van der Waals surface area contributed by atoms with Gasteiger partial charge in [-0.2, -0.15) is 0 Å². The van der Waals surface area contributed by atoms with Crippen molar-refractivity contribution in [1.29, 1.82) is 0 Å². The second kappa shape index (κ2) is 11.9. The Labute approximate surface area is 192 Å². The second-order valence-corrected chi connectivity index (χ2v) is 7.18. The Morgan fingerprint density at radius 2 is 1.61 bits per heavy atom. The predicted octanol–water partition coefficient (Wildman–Crippen LogP) is 2.91. The van der Waals surface area contributed by atoms with E-state index in [0.29, 0.717) is 62.4 Å². The van der Waals surface area contributed by atoms with E-state index < -0.39 is 5.91 Å². The molecule has 0 spiro atoms. The summed E-state index contributed by atoms with van der Waals surface area (Å²) < 4.78 is 21.7. The normalized spacial score (nSPS) is 13.3. The molecular formula is C23H29N3O7. The average molecular weight is 459 g/mol. The van der Waals surface area contributed by atoms with Crippen molar-refractivity contribution in [1.82, 2.24) is 4.90 Å². The maximum absolute atomic E-state index is 12.6. The fourth-order valence-corrected chi connectivity index (χ4v) is 3.30. The van der Waals surface area contributed by atoms with E-state index in [1.165, 1.54) is 6.26 Å². The highest BCUT2D eigenvalue weighted by Gasteiger charge is 2.20. The molecule has 3 amide bonds. The van der Waals surface area contributed by atoms with Crippen molar-refractivity contribution in [3.63, 3.8) is 0 Å². The van der Waals surface area contributed by atoms with Gasteiger partial charge in [0.1, 0.15) is 11.5 Å². The van der Waals surface area contributed by atoms with Crippen LogP contribution in [0.3, 0.4) is 0 Å². The van der Waals surface area contributed by atoms with E-state index in [-0.39, 0.29) is 30.4 Å². The largest absolute Gasteiger partial charge is 0.492 e. The van der Waals surface area contributed by atoms with Crippen LogP contribution in [0.15, 0.2) is 34.9 Å². The molecule has 0 aliphatic carbocycles. The molecule has 2 heterocycles. The molecule has 0 unspecified atom stereocenters. The van der Waals surface area contributed by atoms with Crippen LogP contribution in [-0.2, 0) is 14.3 Å². The predicted molar refractivity (Wildman–Crippen MR) is 121 cm³/mol. The van der Waals surface area contributed by atoms with E-state index in [4.69, 9.17) is 18.6 Å². The second-order valence-electron chi connectivity index (χ2n) is 7.18. The summed E-state index contributed by atoms with van der Waals surface area (Å²) in [7, 11) is 0. The smallest absolute Gasteiger partial charge is 0.291 e. The van der Waals surface area contributed by atoms with Gasteiger partial charge in [0.15, 0.2) is 5.76 Å². The third-order valence-electron chi connectivity index (χ3n) is 4.88. The fourth-order valence-electron chi connectivity index (χ4n) is 3.30. The van der Waals surface area contributed by atoms with Crippen molar-refractivity contribution >= 4 is 29.1 Å². The van der Waals surface area contributed by atoms with E-state index >= 15 is 0 Å². The van der Waals surface area contributed by atoms with Crippen molar-refractivity contribution in [2.45, 2.75) is 26.7 Å². The van der Waals surface area contributed by atoms with E-state index in [2.05, 4.69) is 10.6 Å². The maximum Gasteiger partial charge on any atom is 0.291 e. The molecule has 2 aromatic rings. The molecule has 1 aromatic carbocycles. The van der Waals surface area contributed by atoms with Gasteiger partial charge in [0, 0.05) is 38.1 Å². The summed E-state index contributed by atoms with van der Waals surface area (Å²) >= 11 is 0. The number of carbonyl (C=O) groups is 3. The Morgan fingerprint density at radius 1 is 0.970 bits per heavy atom. The molecule has 1 aromatic heterocycles. The van der Waals surface area contributed by atoms with Crippen molar-refractivity contribution in [3.05, 3.63) is 36.3 Å². The molecule has 1 aliphatic heterocycles. The van der Waals surface area contributed by atoms with Crippen LogP contribution < -0.4 is 20.1 Å². The van der Waals surface area contributed by atoms with Crippen molar-refractivity contribution in [2.24, 2.45) is 0 Å². The zero-order valence-corrected chi connectivity index (χ0v) is 18.8. The van der Waals surface area contributed by atoms with Crippen LogP contribution in [0, 0.1) is 0 Å². The van der Waals surface area contributed by atoms with Gasteiger partial charge >= 0.3 is 0 Å². The Kier molecular flexibility index (Phi) is 8.71. The highest BCUT2D eigenvalue weighted by molar-refractivity contribution is 6.04. The van der Waals surface area contributed by atoms with Gasteiger partial charge < -0.3 is 34.2 Å². The zero-order valence-electron chi connectivity index (χ0n) is 18.8. The molecule has 1 saturated heterocycles. The van der Waals surface area contributed by atoms with E-state index in [0.717, 1.165) is 0 Å². The molecule has 178 valence electrons. The Bertz CT molecular complexity index is 953. The minimum Gasteiger partial charge on any atom is -0.492 e. The quantitative estimate of drug-likeness (QED) is 0.561. The Balaban J connectivity index is 1.71. The molecule has 10 heteroatoms. The first-order valence-corrected chi connectivity index (χ1v) is 11.0. The molecule has 1 fully saturated rings. The number of morpholine rings is 1. The Morgan fingerprint density at radius 3 is 2.18 bits per heavy atom. The summed E-state index contributed by atoms with van der Waals surface area (Å²) in [5.41, 5.74) is 0.766. The van der Waals surface area contributed by atoms with Crippen LogP contribution in [0.4, 0.5) is 11.4 Å². The summed E-state index contributed by atoms with van der Waals surface area (Å²) in [4.78, 5) is 39.0. The number of benzene rings is 1. The van der Waals surface area contributed by atoms with E-state index in [1.54, 1.807) is 29.2 Å². The monoisotopic (exact) mass is 459 g/mol. The van der Waals surface area contributed by atoms with Gasteiger partial charge in [-0.15, -0.1) is 0 Å². The van der Waals surface area contributed by atoms with Gasteiger partial charge in [0.25, 0.3) is 5.91 Å². The summed E-state index contributed by atoms with van der Waals surface area (Å²) in [5, 5.41) is 5.53. The Hall–Kier alpha value is -3.53. The van der Waals surface area contributed by atoms with Gasteiger partial charge in [-0.25, -0.2) is 0 Å². The van der Waals surface area contributed by atoms with Crippen LogP contribution in [0.5, 0.6) is 11.5 Å². The van der Waals surface area contributed by atoms with Crippen molar-refractivity contribution < 1.29 is 33.0 Å². The minimum atomic E-state index is -0.443. The van der Waals surface area contributed by atoms with E-state index in [9.17, 15) is 14.4 Å². The number of hydrogen-bond donors (Lipinski definition) is 2. The molecule has 0 atom stereocenters. The number of amides is 3. The number of anilines is 2. The van der Waals surface area contributed by atoms with Crippen LogP contribution in [0.2, 0.25) is 0 Å². The summed E-state index contributed by atoms with van der Waals surface area (Å²) in [6.45, 7) is 6.41. The van der Waals surface area contributed by atoms with Crippen LogP contribution in [0.25, 0.3) is 0 Å². The number of ether oxygens (including phenoxy) is 3. The van der Waals surface area contributed by atoms with Gasteiger partial charge in [0.2, 0.25) is 11.8 Å². The van der Waals surface area contributed by atoms with Crippen molar-refractivity contribution in [3.8, 4) is 11.5 Å². The summed E-state index contributed by atoms with van der Waals surface area (Å²) in [6.07, 6.45) is 1.54. The lowest BCUT2D eigenvalue weighted by Crippen LogP contribution is -2.40. The molecule has 10 nitrogen and oxygen atoms in total. The molecule has 2 N–H and O–H groups in total. The first kappa shape index (κ1) is 24.1. The van der Waals surface area contributed by atoms with Crippen LogP contribution in [-0.4, -0.2) is 62.1 Å². The lowest BCUT2D eigenvalue weighted by molar-refractivity contribution is -0.136. The molecule has 0 radical (unpaired) electrons. The van der Waals surface area contributed by atoms with Gasteiger partial charge in [0.05, 0.1) is 44.1 Å². The topological polar surface area (TPSA) is 119 Å². The standard InChI is InChI=1S/C23H29N3O7/c1-3-31-19-15-17(25-23(29)18-6-5-11-33-18)20(32-4-2)14-16(19)24-21(27)7-8-22(28)26-9-12-30-13-10-26/h5-6,11,14-15H,3-4,7-10,12-13H2,1-2H3,(H,24,27)(H,25,29). The van der Waals surface area contributed by atoms with Crippen LogP contribution >= 0.6 is 0 Å². The van der Waals surface area contributed by atoms with Crippen LogP contribution in [0.1, 0.15) is 37.2 Å². The van der Waals surface area contributed by atoms with Gasteiger partial charge in [-0.3, -0.25) is 14.4 Å². The molecule has 33 heavy (non-hydrogen) atoms. The molecule has 0 bridgehead atoms. The number of hydrogen-bond acceptors (Lipinski definition) is 7. The van der Waals surface area contributed by atoms with E-state index in [1.807, 2.05) is 13.8 Å². The zero-order chi connectivity index (χ0) is 23.6. The molecule has 0 saturated carbocycles. The minimum absolute atomic E-state index is 0.0305. The number of nitrogens with one attached hydrogen (secondary N) is 2. The first-order valence-electron chi connectivity index (χ1n) is 11.0. The molecular weight excluding hydrogens is 430 g/mol. The first-order chi connectivity index (χ1) is 16.0. The maximum atomic E-state index is 12.6. The SMILES string of the molecule is CCOc1cc(NC(=O)c2ccco2)c(OCC)cc1NC(=O)CCC(=O)N1CCOCC1. The lowest BCUT2D eigenvalue weighted by atomic mass is 10.2. The molecule has 3 rings (SSSR count). The van der Waals surface area contributed by atoms with Crippen molar-refractivity contribution in [2.75, 3.05) is 50.2 Å².